The van der Waals surface area contributed by atoms with Gasteiger partial charge in [0.15, 0.2) is 0 Å². The van der Waals surface area contributed by atoms with Gasteiger partial charge in [-0.1, -0.05) is 18.2 Å². The molecule has 2 N–H and O–H groups in total. The third-order valence-electron chi connectivity index (χ3n) is 2.45. The highest BCUT2D eigenvalue weighted by Crippen LogP contribution is 2.17. The minimum absolute atomic E-state index is 0.419. The molecule has 3 heteroatoms. The Morgan fingerprint density at radius 1 is 1.33 bits per heavy atom. The number of H-pyrrole nitrogens is 1. The SMILES string of the molecule is N#CCNCCc1c[nH]c2ccccc12. The number of hydrogen-bond acceptors (Lipinski definition) is 2. The Morgan fingerprint density at radius 2 is 2.20 bits per heavy atom. The summed E-state index contributed by atoms with van der Waals surface area (Å²) in [5.74, 6) is 0. The molecular formula is C12H13N3. The summed E-state index contributed by atoms with van der Waals surface area (Å²) in [6.45, 7) is 1.26. The van der Waals surface area contributed by atoms with Gasteiger partial charge in [0.05, 0.1) is 12.6 Å². The minimum Gasteiger partial charge on any atom is -0.361 e. The van der Waals surface area contributed by atoms with E-state index >= 15 is 0 Å². The van der Waals surface area contributed by atoms with Crippen LogP contribution in [0.25, 0.3) is 10.9 Å². The van der Waals surface area contributed by atoms with Crippen LogP contribution in [-0.4, -0.2) is 18.1 Å². The predicted molar refractivity (Wildman–Crippen MR) is 60.5 cm³/mol. The summed E-state index contributed by atoms with van der Waals surface area (Å²) in [6.07, 6.45) is 2.99. The van der Waals surface area contributed by atoms with E-state index in [9.17, 15) is 0 Å². The molecule has 2 aromatic rings. The Bertz CT molecular complexity index is 479. The van der Waals surface area contributed by atoms with Crippen LogP contribution >= 0.6 is 0 Å². The molecule has 0 aliphatic carbocycles. The first-order valence-electron chi connectivity index (χ1n) is 5.04. The van der Waals surface area contributed by atoms with Gasteiger partial charge < -0.3 is 10.3 Å². The molecule has 0 radical (unpaired) electrons. The quantitative estimate of drug-likeness (QED) is 0.583. The first kappa shape index (κ1) is 9.75. The molecule has 2 rings (SSSR count). The van der Waals surface area contributed by atoms with Gasteiger partial charge in [-0.25, -0.2) is 0 Å². The molecule has 3 nitrogen and oxygen atoms in total. The predicted octanol–water partition coefficient (Wildman–Crippen LogP) is 1.82. The van der Waals surface area contributed by atoms with Crippen LogP contribution in [-0.2, 0) is 6.42 Å². The number of hydrogen-bond donors (Lipinski definition) is 2. The highest BCUT2D eigenvalue weighted by molar-refractivity contribution is 5.83. The first-order valence-corrected chi connectivity index (χ1v) is 5.04. The lowest BCUT2D eigenvalue weighted by atomic mass is 10.1. The van der Waals surface area contributed by atoms with Gasteiger partial charge in [-0.05, 0) is 18.1 Å². The number of nitrogens with one attached hydrogen (secondary N) is 2. The Hall–Kier alpha value is -1.79. The van der Waals surface area contributed by atoms with Crippen molar-refractivity contribution in [2.45, 2.75) is 6.42 Å². The van der Waals surface area contributed by atoms with Gasteiger partial charge in [0.25, 0.3) is 0 Å². The second-order valence-electron chi connectivity index (χ2n) is 3.44. The standard InChI is InChI=1S/C12H13N3/c13-6-8-14-7-5-10-9-15-12-4-2-1-3-11(10)12/h1-4,9,14-15H,5,7-8H2. The fourth-order valence-electron chi connectivity index (χ4n) is 1.71. The molecule has 0 amide bonds. The third-order valence-corrected chi connectivity index (χ3v) is 2.45. The molecule has 0 saturated carbocycles. The van der Waals surface area contributed by atoms with Crippen LogP contribution in [0.1, 0.15) is 5.56 Å². The van der Waals surface area contributed by atoms with Crippen LogP contribution in [0.2, 0.25) is 0 Å². The average Bonchev–Trinajstić information content (AvgIpc) is 2.68. The van der Waals surface area contributed by atoms with Gasteiger partial charge in [0, 0.05) is 23.6 Å². The lowest BCUT2D eigenvalue weighted by molar-refractivity contribution is 0.752. The maximum absolute atomic E-state index is 8.38. The van der Waals surface area contributed by atoms with Crippen molar-refractivity contribution >= 4 is 10.9 Å². The topological polar surface area (TPSA) is 51.6 Å². The summed E-state index contributed by atoms with van der Waals surface area (Å²) in [4.78, 5) is 3.24. The van der Waals surface area contributed by atoms with Crippen molar-refractivity contribution in [1.29, 1.82) is 5.26 Å². The molecule has 0 saturated heterocycles. The second kappa shape index (κ2) is 4.63. The highest BCUT2D eigenvalue weighted by atomic mass is 14.8. The summed E-state index contributed by atoms with van der Waals surface area (Å²) in [5, 5.41) is 12.7. The normalized spacial score (nSPS) is 10.3. The molecule has 15 heavy (non-hydrogen) atoms. The number of fused-ring (bicyclic) bond motifs is 1. The maximum Gasteiger partial charge on any atom is 0.0841 e. The fourth-order valence-corrected chi connectivity index (χ4v) is 1.71. The van der Waals surface area contributed by atoms with Crippen molar-refractivity contribution in [1.82, 2.24) is 10.3 Å². The Kier molecular flexibility index (Phi) is 3.01. The molecule has 0 fully saturated rings. The largest absolute Gasteiger partial charge is 0.361 e. The second-order valence-corrected chi connectivity index (χ2v) is 3.44. The fraction of sp³-hybridized carbons (Fsp3) is 0.250. The van der Waals surface area contributed by atoms with Crippen molar-refractivity contribution in [3.63, 3.8) is 0 Å². The monoisotopic (exact) mass is 199 g/mol. The van der Waals surface area contributed by atoms with Gasteiger partial charge in [0.2, 0.25) is 0 Å². The number of benzene rings is 1. The number of aromatic amines is 1. The average molecular weight is 199 g/mol. The molecule has 0 spiro atoms. The third kappa shape index (κ3) is 2.17. The Morgan fingerprint density at radius 3 is 3.07 bits per heavy atom. The molecule has 0 aliphatic heterocycles. The van der Waals surface area contributed by atoms with E-state index in [0.717, 1.165) is 13.0 Å². The summed E-state index contributed by atoms with van der Waals surface area (Å²) in [6, 6.07) is 10.3. The van der Waals surface area contributed by atoms with Gasteiger partial charge in [-0.2, -0.15) is 5.26 Å². The van der Waals surface area contributed by atoms with Gasteiger partial charge in [0.1, 0.15) is 0 Å². The summed E-state index contributed by atoms with van der Waals surface area (Å²) >= 11 is 0. The van der Waals surface area contributed by atoms with Crippen molar-refractivity contribution in [3.8, 4) is 6.07 Å². The summed E-state index contributed by atoms with van der Waals surface area (Å²) in [5.41, 5.74) is 2.48. The number of nitriles is 1. The number of para-hydroxylation sites is 1. The zero-order valence-electron chi connectivity index (χ0n) is 8.46. The van der Waals surface area contributed by atoms with Crippen molar-refractivity contribution in [2.75, 3.05) is 13.1 Å². The lowest BCUT2D eigenvalue weighted by Crippen LogP contribution is -2.16. The molecule has 1 aromatic heterocycles. The van der Waals surface area contributed by atoms with E-state index in [-0.39, 0.29) is 0 Å². The minimum atomic E-state index is 0.419. The van der Waals surface area contributed by atoms with E-state index in [2.05, 4.69) is 28.5 Å². The zero-order valence-corrected chi connectivity index (χ0v) is 8.46. The van der Waals surface area contributed by atoms with Gasteiger partial charge in [-0.15, -0.1) is 0 Å². The van der Waals surface area contributed by atoms with Crippen LogP contribution in [0.15, 0.2) is 30.5 Å². The Balaban J connectivity index is 2.05. The summed E-state index contributed by atoms with van der Waals surface area (Å²) < 4.78 is 0. The van der Waals surface area contributed by atoms with Crippen LogP contribution in [0, 0.1) is 11.3 Å². The van der Waals surface area contributed by atoms with E-state index in [4.69, 9.17) is 5.26 Å². The Labute approximate surface area is 88.7 Å². The van der Waals surface area contributed by atoms with Crippen molar-refractivity contribution in [2.24, 2.45) is 0 Å². The van der Waals surface area contributed by atoms with E-state index in [0.29, 0.717) is 6.54 Å². The molecule has 1 heterocycles. The molecule has 0 bridgehead atoms. The highest BCUT2D eigenvalue weighted by Gasteiger charge is 2.01. The van der Waals surface area contributed by atoms with Crippen LogP contribution < -0.4 is 5.32 Å². The van der Waals surface area contributed by atoms with E-state index < -0.39 is 0 Å². The molecule has 0 aliphatic rings. The number of nitrogens with zero attached hydrogens (tertiary/aromatic N) is 1. The van der Waals surface area contributed by atoms with Crippen molar-refractivity contribution in [3.05, 3.63) is 36.0 Å². The number of rotatable bonds is 4. The molecular weight excluding hydrogens is 186 g/mol. The van der Waals surface area contributed by atoms with E-state index in [1.165, 1.54) is 16.5 Å². The molecule has 0 atom stereocenters. The maximum atomic E-state index is 8.38. The van der Waals surface area contributed by atoms with Gasteiger partial charge in [-0.3, -0.25) is 0 Å². The smallest absolute Gasteiger partial charge is 0.0841 e. The first-order chi connectivity index (χ1) is 7.42. The summed E-state index contributed by atoms with van der Waals surface area (Å²) in [7, 11) is 0. The van der Waals surface area contributed by atoms with E-state index in [1.54, 1.807) is 0 Å². The van der Waals surface area contributed by atoms with Gasteiger partial charge >= 0.3 is 0 Å². The van der Waals surface area contributed by atoms with Crippen LogP contribution in [0.4, 0.5) is 0 Å². The molecule has 0 unspecified atom stereocenters. The van der Waals surface area contributed by atoms with Crippen LogP contribution in [0.3, 0.4) is 0 Å². The molecule has 1 aromatic carbocycles. The zero-order chi connectivity index (χ0) is 10.5. The lowest BCUT2D eigenvalue weighted by Gasteiger charge is -1.99. The van der Waals surface area contributed by atoms with Crippen molar-refractivity contribution < 1.29 is 0 Å². The van der Waals surface area contributed by atoms with E-state index in [1.807, 2.05) is 18.3 Å². The number of aromatic nitrogens is 1. The molecule has 76 valence electrons. The van der Waals surface area contributed by atoms with Crippen LogP contribution in [0.5, 0.6) is 0 Å².